The molecule has 0 atom stereocenters. The molecule has 132 valence electrons. The summed E-state index contributed by atoms with van der Waals surface area (Å²) < 4.78 is 1.99. The summed E-state index contributed by atoms with van der Waals surface area (Å²) in [6, 6.07) is 7.76. The maximum Gasteiger partial charge on any atom is 0.248 e. The van der Waals surface area contributed by atoms with Gasteiger partial charge in [0.1, 0.15) is 0 Å². The molecule has 0 saturated carbocycles. The summed E-state index contributed by atoms with van der Waals surface area (Å²) in [5.41, 5.74) is 2.85. The molecule has 1 saturated heterocycles. The number of carbonyl (C=O) groups is 1. The summed E-state index contributed by atoms with van der Waals surface area (Å²) >= 11 is 0. The molecule has 2 heterocycles. The highest BCUT2D eigenvalue weighted by Crippen LogP contribution is 2.18. The minimum Gasteiger partial charge on any atom is -0.322 e. The number of carbonyl (C=O) groups excluding carboxylic acids is 1. The highest BCUT2D eigenvalue weighted by molar-refractivity contribution is 6.02. The fourth-order valence-corrected chi connectivity index (χ4v) is 3.13. The maximum absolute atomic E-state index is 12.1. The Kier molecular flexibility index (Phi) is 5.66. The number of piperidine rings is 1. The van der Waals surface area contributed by atoms with Crippen LogP contribution in [0.3, 0.4) is 0 Å². The first-order chi connectivity index (χ1) is 12.1. The van der Waals surface area contributed by atoms with Crippen LogP contribution in [0.4, 0.5) is 5.69 Å². The molecule has 1 amide bonds. The van der Waals surface area contributed by atoms with E-state index in [0.29, 0.717) is 5.92 Å². The van der Waals surface area contributed by atoms with Gasteiger partial charge in [-0.2, -0.15) is 5.10 Å². The summed E-state index contributed by atoms with van der Waals surface area (Å²) in [5, 5.41) is 7.32. The van der Waals surface area contributed by atoms with Crippen LogP contribution in [0.1, 0.15) is 24.0 Å². The van der Waals surface area contributed by atoms with Gasteiger partial charge in [0.2, 0.25) is 5.91 Å². The smallest absolute Gasteiger partial charge is 0.248 e. The number of amides is 1. The molecule has 1 aliphatic rings. The van der Waals surface area contributed by atoms with Gasteiger partial charge in [0.25, 0.3) is 0 Å². The van der Waals surface area contributed by atoms with Crippen LogP contribution in [-0.4, -0.2) is 40.7 Å². The molecule has 1 N–H and O–H groups in total. The van der Waals surface area contributed by atoms with Crippen LogP contribution in [0.25, 0.3) is 6.08 Å². The van der Waals surface area contributed by atoms with E-state index in [1.807, 2.05) is 54.3 Å². The van der Waals surface area contributed by atoms with Crippen molar-refractivity contribution < 1.29 is 4.79 Å². The Balaban J connectivity index is 1.53. The monoisotopic (exact) mass is 338 g/mol. The van der Waals surface area contributed by atoms with Crippen molar-refractivity contribution in [2.45, 2.75) is 26.3 Å². The number of para-hydroxylation sites is 1. The van der Waals surface area contributed by atoms with Crippen molar-refractivity contribution in [1.82, 2.24) is 14.7 Å². The molecular formula is C20H26N4O. The summed E-state index contributed by atoms with van der Waals surface area (Å²) in [6.45, 7) is 5.26. The van der Waals surface area contributed by atoms with Gasteiger partial charge in [-0.1, -0.05) is 18.2 Å². The lowest BCUT2D eigenvalue weighted by Gasteiger charge is -2.28. The van der Waals surface area contributed by atoms with Gasteiger partial charge in [0, 0.05) is 30.1 Å². The third kappa shape index (κ3) is 5.03. The van der Waals surface area contributed by atoms with Crippen LogP contribution in [0, 0.1) is 12.8 Å². The van der Waals surface area contributed by atoms with Gasteiger partial charge >= 0.3 is 0 Å². The molecule has 1 aromatic heterocycles. The summed E-state index contributed by atoms with van der Waals surface area (Å²) in [4.78, 5) is 14.4. The molecule has 0 spiro atoms. The van der Waals surface area contributed by atoms with Crippen LogP contribution in [-0.2, 0) is 11.3 Å². The molecule has 1 fully saturated rings. The second kappa shape index (κ2) is 8.12. The summed E-state index contributed by atoms with van der Waals surface area (Å²) in [7, 11) is 2.18. The highest BCUT2D eigenvalue weighted by Gasteiger charge is 2.17. The Hall–Kier alpha value is -2.40. The lowest BCUT2D eigenvalue weighted by Crippen LogP contribution is -2.31. The molecule has 5 heteroatoms. The first-order valence-corrected chi connectivity index (χ1v) is 8.86. The zero-order valence-electron chi connectivity index (χ0n) is 15.0. The van der Waals surface area contributed by atoms with Crippen molar-refractivity contribution in [1.29, 1.82) is 0 Å². The number of likely N-dealkylation sites (tertiary alicyclic amines) is 1. The van der Waals surface area contributed by atoms with Crippen molar-refractivity contribution >= 4 is 17.7 Å². The summed E-state index contributed by atoms with van der Waals surface area (Å²) in [6.07, 6.45) is 9.64. The Morgan fingerprint density at radius 1 is 1.32 bits per heavy atom. The van der Waals surface area contributed by atoms with E-state index in [-0.39, 0.29) is 5.91 Å². The maximum atomic E-state index is 12.1. The van der Waals surface area contributed by atoms with Crippen molar-refractivity contribution in [3.05, 3.63) is 53.9 Å². The van der Waals surface area contributed by atoms with Crippen LogP contribution in [0.5, 0.6) is 0 Å². The Labute approximate surface area is 149 Å². The molecular weight excluding hydrogens is 312 g/mol. The number of anilines is 1. The highest BCUT2D eigenvalue weighted by atomic mass is 16.1. The van der Waals surface area contributed by atoms with Crippen LogP contribution in [0.15, 0.2) is 42.7 Å². The molecule has 0 aliphatic carbocycles. The number of rotatable bonds is 5. The van der Waals surface area contributed by atoms with Gasteiger partial charge in [0.15, 0.2) is 0 Å². The van der Waals surface area contributed by atoms with E-state index >= 15 is 0 Å². The molecule has 3 rings (SSSR count). The number of hydrogen-bond acceptors (Lipinski definition) is 3. The molecule has 0 bridgehead atoms. The van der Waals surface area contributed by atoms with Crippen molar-refractivity contribution in [2.24, 2.45) is 5.92 Å². The number of nitrogens with one attached hydrogen (secondary N) is 1. The lowest BCUT2D eigenvalue weighted by atomic mass is 9.97. The molecule has 1 aliphatic heterocycles. The minimum absolute atomic E-state index is 0.127. The molecule has 2 aromatic rings. The standard InChI is InChI=1S/C20H26N4O/c1-16-5-3-4-6-19(16)22-20(25)8-7-18-13-21-24(15-18)14-17-9-11-23(2)12-10-17/h3-8,13,15,17H,9-12,14H2,1-2H3,(H,22,25)/b8-7+. The van der Waals surface area contributed by atoms with E-state index in [1.165, 1.54) is 12.8 Å². The predicted molar refractivity (Wildman–Crippen MR) is 101 cm³/mol. The topological polar surface area (TPSA) is 50.2 Å². The van der Waals surface area contributed by atoms with E-state index in [9.17, 15) is 4.79 Å². The predicted octanol–water partition coefficient (Wildman–Crippen LogP) is 3.19. The zero-order chi connectivity index (χ0) is 17.6. The first-order valence-electron chi connectivity index (χ1n) is 8.86. The molecule has 0 unspecified atom stereocenters. The Bertz CT molecular complexity index is 742. The molecule has 5 nitrogen and oxygen atoms in total. The number of benzene rings is 1. The van der Waals surface area contributed by atoms with Crippen LogP contribution < -0.4 is 5.32 Å². The van der Waals surface area contributed by atoms with Gasteiger partial charge in [0.05, 0.1) is 6.20 Å². The Morgan fingerprint density at radius 2 is 2.08 bits per heavy atom. The van der Waals surface area contributed by atoms with Gasteiger partial charge < -0.3 is 10.2 Å². The van der Waals surface area contributed by atoms with Gasteiger partial charge in [-0.05, 0) is 63.5 Å². The number of aryl methyl sites for hydroxylation is 1. The van der Waals surface area contributed by atoms with Crippen LogP contribution in [0.2, 0.25) is 0 Å². The van der Waals surface area contributed by atoms with E-state index < -0.39 is 0 Å². The zero-order valence-corrected chi connectivity index (χ0v) is 15.0. The number of aromatic nitrogens is 2. The SMILES string of the molecule is Cc1ccccc1NC(=O)/C=C/c1cnn(CC2CCN(C)CC2)c1. The van der Waals surface area contributed by atoms with E-state index in [0.717, 1.165) is 36.4 Å². The van der Waals surface area contributed by atoms with Gasteiger partial charge in [-0.3, -0.25) is 9.48 Å². The lowest BCUT2D eigenvalue weighted by molar-refractivity contribution is -0.111. The van der Waals surface area contributed by atoms with Crippen LogP contribution >= 0.6 is 0 Å². The quantitative estimate of drug-likeness (QED) is 0.852. The molecule has 1 aromatic carbocycles. The van der Waals surface area contributed by atoms with E-state index in [1.54, 1.807) is 6.08 Å². The van der Waals surface area contributed by atoms with E-state index in [4.69, 9.17) is 0 Å². The third-order valence-electron chi connectivity index (χ3n) is 4.77. The molecule has 0 radical (unpaired) electrons. The number of hydrogen-bond donors (Lipinski definition) is 1. The van der Waals surface area contributed by atoms with Crippen molar-refractivity contribution in [2.75, 3.05) is 25.5 Å². The average molecular weight is 338 g/mol. The van der Waals surface area contributed by atoms with Crippen molar-refractivity contribution in [3.63, 3.8) is 0 Å². The second-order valence-corrected chi connectivity index (χ2v) is 6.88. The molecule has 25 heavy (non-hydrogen) atoms. The Morgan fingerprint density at radius 3 is 2.84 bits per heavy atom. The largest absolute Gasteiger partial charge is 0.322 e. The van der Waals surface area contributed by atoms with Gasteiger partial charge in [-0.25, -0.2) is 0 Å². The second-order valence-electron chi connectivity index (χ2n) is 6.88. The minimum atomic E-state index is -0.127. The fraction of sp³-hybridized carbons (Fsp3) is 0.400. The van der Waals surface area contributed by atoms with Crippen molar-refractivity contribution in [3.8, 4) is 0 Å². The average Bonchev–Trinajstić information content (AvgIpc) is 3.05. The summed E-state index contributed by atoms with van der Waals surface area (Å²) in [5.74, 6) is 0.564. The fourth-order valence-electron chi connectivity index (χ4n) is 3.13. The normalized spacial score (nSPS) is 16.4. The van der Waals surface area contributed by atoms with Gasteiger partial charge in [-0.15, -0.1) is 0 Å². The van der Waals surface area contributed by atoms with E-state index in [2.05, 4.69) is 22.4 Å². The first kappa shape index (κ1) is 17.4. The number of nitrogens with zero attached hydrogens (tertiary/aromatic N) is 3. The third-order valence-corrected chi connectivity index (χ3v) is 4.77.